The molecule has 0 aliphatic heterocycles. The Labute approximate surface area is 116 Å². The number of halogens is 2. The molecule has 1 aromatic carbocycles. The van der Waals surface area contributed by atoms with Crippen molar-refractivity contribution in [1.29, 1.82) is 0 Å². The summed E-state index contributed by atoms with van der Waals surface area (Å²) >= 11 is 11.9. The maximum Gasteiger partial charge on any atom is 0.309 e. The first-order chi connectivity index (χ1) is 8.50. The number of benzene rings is 1. The van der Waals surface area contributed by atoms with Crippen molar-refractivity contribution in [2.24, 2.45) is 17.3 Å². The molecule has 18 heavy (non-hydrogen) atoms. The summed E-state index contributed by atoms with van der Waals surface area (Å²) in [5.74, 6) is 0.619. The van der Waals surface area contributed by atoms with E-state index < -0.39 is 11.4 Å². The van der Waals surface area contributed by atoms with E-state index in [2.05, 4.69) is 0 Å². The molecule has 2 saturated carbocycles. The largest absolute Gasteiger partial charge is 0.481 e. The molecule has 1 aromatic rings. The quantitative estimate of drug-likeness (QED) is 0.910. The van der Waals surface area contributed by atoms with Gasteiger partial charge in [-0.2, -0.15) is 0 Å². The number of hydrogen-bond acceptors (Lipinski definition) is 1. The van der Waals surface area contributed by atoms with E-state index in [0.717, 1.165) is 18.4 Å². The highest BCUT2D eigenvalue weighted by Crippen LogP contribution is 2.61. The Morgan fingerprint density at radius 1 is 1.28 bits per heavy atom. The Bertz CT molecular complexity index is 503. The Kier molecular flexibility index (Phi) is 2.83. The van der Waals surface area contributed by atoms with Crippen molar-refractivity contribution in [1.82, 2.24) is 0 Å². The van der Waals surface area contributed by atoms with E-state index in [9.17, 15) is 9.90 Å². The van der Waals surface area contributed by atoms with E-state index in [4.69, 9.17) is 23.2 Å². The predicted octanol–water partition coefficient (Wildman–Crippen LogP) is 4.04. The van der Waals surface area contributed by atoms with Crippen LogP contribution in [0.3, 0.4) is 0 Å². The van der Waals surface area contributed by atoms with Crippen molar-refractivity contribution in [2.75, 3.05) is 0 Å². The highest BCUT2D eigenvalue weighted by Gasteiger charge is 2.57. The number of hydrogen-bond donors (Lipinski definition) is 1. The molecule has 0 amide bonds. The van der Waals surface area contributed by atoms with Crippen molar-refractivity contribution in [3.63, 3.8) is 0 Å². The molecule has 0 heterocycles. The van der Waals surface area contributed by atoms with Crippen molar-refractivity contribution in [2.45, 2.75) is 25.7 Å². The number of carboxylic acid groups (broad SMARTS) is 1. The van der Waals surface area contributed by atoms with Crippen LogP contribution in [0.25, 0.3) is 0 Å². The minimum atomic E-state index is -0.666. The smallest absolute Gasteiger partial charge is 0.309 e. The molecule has 0 saturated heterocycles. The van der Waals surface area contributed by atoms with Gasteiger partial charge in [-0.1, -0.05) is 29.3 Å². The lowest BCUT2D eigenvalue weighted by Gasteiger charge is -2.26. The topological polar surface area (TPSA) is 37.3 Å². The third-order valence-corrected chi connectivity index (χ3v) is 5.09. The van der Waals surface area contributed by atoms with Gasteiger partial charge in [0.25, 0.3) is 0 Å². The van der Waals surface area contributed by atoms with E-state index in [1.54, 1.807) is 12.1 Å². The molecular weight excluding hydrogens is 271 g/mol. The van der Waals surface area contributed by atoms with Crippen molar-refractivity contribution >= 4 is 29.2 Å². The molecule has 2 atom stereocenters. The third kappa shape index (κ3) is 2.02. The minimum Gasteiger partial charge on any atom is -0.481 e. The van der Waals surface area contributed by atoms with Gasteiger partial charge >= 0.3 is 5.97 Å². The fourth-order valence-corrected chi connectivity index (χ4v) is 3.65. The van der Waals surface area contributed by atoms with E-state index in [-0.39, 0.29) is 0 Å². The summed E-state index contributed by atoms with van der Waals surface area (Å²) in [5.41, 5.74) is 0.387. The molecule has 96 valence electrons. The fraction of sp³-hybridized carbons (Fsp3) is 0.500. The van der Waals surface area contributed by atoms with Crippen LogP contribution < -0.4 is 0 Å². The van der Waals surface area contributed by atoms with Gasteiger partial charge < -0.3 is 5.11 Å². The van der Waals surface area contributed by atoms with E-state index in [1.807, 2.05) is 6.07 Å². The molecule has 2 nitrogen and oxygen atoms in total. The van der Waals surface area contributed by atoms with Gasteiger partial charge in [0.05, 0.1) is 15.5 Å². The zero-order valence-electron chi connectivity index (χ0n) is 9.83. The van der Waals surface area contributed by atoms with Gasteiger partial charge in [-0.05, 0) is 55.2 Å². The van der Waals surface area contributed by atoms with E-state index in [1.165, 1.54) is 6.42 Å². The van der Waals surface area contributed by atoms with E-state index in [0.29, 0.717) is 28.3 Å². The van der Waals surface area contributed by atoms with Gasteiger partial charge in [-0.25, -0.2) is 0 Å². The maximum atomic E-state index is 11.6. The molecule has 2 unspecified atom stereocenters. The lowest BCUT2D eigenvalue weighted by molar-refractivity contribution is -0.149. The molecule has 0 aromatic heterocycles. The third-order valence-electron chi connectivity index (χ3n) is 4.36. The maximum absolute atomic E-state index is 11.6. The second-order valence-electron chi connectivity index (χ2n) is 5.67. The van der Waals surface area contributed by atoms with Gasteiger partial charge in [0, 0.05) is 0 Å². The first-order valence-corrected chi connectivity index (χ1v) is 6.93. The van der Waals surface area contributed by atoms with Gasteiger partial charge in [-0.3, -0.25) is 4.79 Å². The van der Waals surface area contributed by atoms with Gasteiger partial charge in [0.15, 0.2) is 0 Å². The van der Waals surface area contributed by atoms with Crippen molar-refractivity contribution in [3.05, 3.63) is 33.8 Å². The summed E-state index contributed by atoms with van der Waals surface area (Å²) in [6, 6.07) is 5.41. The SMILES string of the molecule is O=C(O)C1(Cc2ccc(Cl)c(Cl)c2)CC2CC2C1. The summed E-state index contributed by atoms with van der Waals surface area (Å²) in [6.45, 7) is 0. The van der Waals surface area contributed by atoms with Crippen LogP contribution in [0.4, 0.5) is 0 Å². The number of rotatable bonds is 3. The molecule has 4 heteroatoms. The number of aliphatic carboxylic acids is 1. The molecule has 0 spiro atoms. The Morgan fingerprint density at radius 2 is 1.94 bits per heavy atom. The number of fused-ring (bicyclic) bond motifs is 1. The lowest BCUT2D eigenvalue weighted by Crippen LogP contribution is -2.31. The number of carboxylic acids is 1. The molecule has 2 fully saturated rings. The highest BCUT2D eigenvalue weighted by atomic mass is 35.5. The van der Waals surface area contributed by atoms with E-state index >= 15 is 0 Å². The minimum absolute atomic E-state index is 0.498. The lowest BCUT2D eigenvalue weighted by atomic mass is 9.77. The molecular formula is C14H14Cl2O2. The Hall–Kier alpha value is -0.730. The Balaban J connectivity index is 1.85. The van der Waals surface area contributed by atoms with Crippen molar-refractivity contribution < 1.29 is 9.90 Å². The average molecular weight is 285 g/mol. The molecule has 0 bridgehead atoms. The zero-order valence-corrected chi connectivity index (χ0v) is 11.3. The molecule has 2 aliphatic rings. The van der Waals surface area contributed by atoms with Gasteiger partial charge in [0.2, 0.25) is 0 Å². The second-order valence-corrected chi connectivity index (χ2v) is 6.49. The summed E-state index contributed by atoms with van der Waals surface area (Å²) in [7, 11) is 0. The fourth-order valence-electron chi connectivity index (χ4n) is 3.33. The summed E-state index contributed by atoms with van der Waals surface area (Å²) in [4.78, 5) is 11.6. The monoisotopic (exact) mass is 284 g/mol. The molecule has 1 N–H and O–H groups in total. The standard InChI is InChI=1S/C14H14Cl2O2/c15-11-2-1-8(3-12(11)16)5-14(13(17)18)6-9-4-10(9)7-14/h1-3,9-10H,4-7H2,(H,17,18). The van der Waals surface area contributed by atoms with Crippen LogP contribution in [-0.4, -0.2) is 11.1 Å². The number of carbonyl (C=O) groups is 1. The van der Waals surface area contributed by atoms with Crippen LogP contribution in [0, 0.1) is 17.3 Å². The summed E-state index contributed by atoms with van der Waals surface area (Å²) < 4.78 is 0. The normalized spacial score (nSPS) is 33.2. The second kappa shape index (κ2) is 4.14. The molecule has 0 radical (unpaired) electrons. The first kappa shape index (κ1) is 12.3. The predicted molar refractivity (Wildman–Crippen MR) is 71.1 cm³/mol. The van der Waals surface area contributed by atoms with Gasteiger partial charge in [0.1, 0.15) is 0 Å². The molecule has 3 rings (SSSR count). The van der Waals surface area contributed by atoms with Crippen LogP contribution in [0.2, 0.25) is 10.0 Å². The van der Waals surface area contributed by atoms with Crippen LogP contribution in [-0.2, 0) is 11.2 Å². The van der Waals surface area contributed by atoms with Crippen LogP contribution in [0.5, 0.6) is 0 Å². The van der Waals surface area contributed by atoms with Gasteiger partial charge in [-0.15, -0.1) is 0 Å². The average Bonchev–Trinajstić information content (AvgIpc) is 2.92. The highest BCUT2D eigenvalue weighted by molar-refractivity contribution is 6.42. The Morgan fingerprint density at radius 3 is 2.50 bits per heavy atom. The van der Waals surface area contributed by atoms with Crippen LogP contribution in [0.15, 0.2) is 18.2 Å². The molecule has 2 aliphatic carbocycles. The van der Waals surface area contributed by atoms with Crippen LogP contribution in [0.1, 0.15) is 24.8 Å². The summed E-state index contributed by atoms with van der Waals surface area (Å²) in [5, 5.41) is 10.5. The first-order valence-electron chi connectivity index (χ1n) is 6.17. The summed E-state index contributed by atoms with van der Waals surface area (Å²) in [6.07, 6.45) is 3.41. The zero-order chi connectivity index (χ0) is 12.9. The van der Waals surface area contributed by atoms with Crippen molar-refractivity contribution in [3.8, 4) is 0 Å². The van der Waals surface area contributed by atoms with Crippen LogP contribution >= 0.6 is 23.2 Å².